The fourth-order valence-corrected chi connectivity index (χ4v) is 3.91. The number of halogens is 3. The number of carbonyl (C=O) groups is 1. The average Bonchev–Trinajstić information content (AvgIpc) is 3.05. The average molecular weight is 433 g/mol. The Morgan fingerprint density at radius 3 is 2.50 bits per heavy atom. The Bertz CT molecular complexity index is 1030. The third-order valence-electron chi connectivity index (χ3n) is 4.52. The summed E-state index contributed by atoms with van der Waals surface area (Å²) >= 11 is 1.00. The maximum atomic E-state index is 13.2. The van der Waals surface area contributed by atoms with Crippen molar-refractivity contribution in [2.24, 2.45) is 0 Å². The topological polar surface area (TPSA) is 46.9 Å². The van der Waals surface area contributed by atoms with E-state index in [2.05, 4.69) is 10.3 Å². The molecule has 0 fully saturated rings. The van der Waals surface area contributed by atoms with E-state index < -0.39 is 18.0 Å². The Morgan fingerprint density at radius 2 is 1.87 bits per heavy atom. The lowest BCUT2D eigenvalue weighted by Crippen LogP contribution is -2.24. The second kappa shape index (κ2) is 8.95. The fraction of sp³-hybridized carbons (Fsp3) is 0.273. The zero-order valence-electron chi connectivity index (χ0n) is 16.8. The van der Waals surface area contributed by atoms with Gasteiger partial charge in [-0.05, 0) is 38.0 Å². The Kier molecular flexibility index (Phi) is 6.55. The van der Waals surface area contributed by atoms with Crippen LogP contribution in [-0.2, 0) is 11.3 Å². The Hall–Kier alpha value is -2.74. The molecule has 4 nitrogen and oxygen atoms in total. The van der Waals surface area contributed by atoms with Gasteiger partial charge in [-0.3, -0.25) is 4.79 Å². The first kappa shape index (κ1) is 22.0. The molecule has 1 amide bonds. The summed E-state index contributed by atoms with van der Waals surface area (Å²) in [6.07, 6.45) is -3.00. The maximum absolute atomic E-state index is 13.2. The molecule has 0 aliphatic heterocycles. The largest absolute Gasteiger partial charge is 0.406 e. The molecular formula is C22H22F3N3OS. The molecule has 158 valence electrons. The van der Waals surface area contributed by atoms with Crippen LogP contribution in [0.1, 0.15) is 18.1 Å². The first-order valence-corrected chi connectivity index (χ1v) is 10.2. The third-order valence-corrected chi connectivity index (χ3v) is 5.62. The van der Waals surface area contributed by atoms with Gasteiger partial charge in [0.2, 0.25) is 5.91 Å². The lowest BCUT2D eigenvalue weighted by Gasteiger charge is -2.17. The van der Waals surface area contributed by atoms with Crippen LogP contribution in [-0.4, -0.2) is 26.9 Å². The van der Waals surface area contributed by atoms with Crippen LogP contribution < -0.4 is 5.32 Å². The lowest BCUT2D eigenvalue weighted by atomic mass is 10.1. The number of rotatable bonds is 6. The molecule has 30 heavy (non-hydrogen) atoms. The summed E-state index contributed by atoms with van der Waals surface area (Å²) in [7, 11) is 0. The van der Waals surface area contributed by atoms with E-state index in [1.54, 1.807) is 37.3 Å². The maximum Gasteiger partial charge on any atom is 0.406 e. The van der Waals surface area contributed by atoms with Crippen molar-refractivity contribution in [1.29, 1.82) is 0 Å². The van der Waals surface area contributed by atoms with Crippen molar-refractivity contribution in [3.05, 3.63) is 65.9 Å². The number of hydrogen-bond donors (Lipinski definition) is 1. The van der Waals surface area contributed by atoms with Crippen LogP contribution in [0.5, 0.6) is 0 Å². The van der Waals surface area contributed by atoms with Crippen molar-refractivity contribution in [2.75, 3.05) is 5.32 Å². The molecule has 1 aromatic heterocycles. The van der Waals surface area contributed by atoms with Gasteiger partial charge in [-0.1, -0.05) is 59.8 Å². The number of alkyl halides is 3. The normalized spacial score (nSPS) is 12.6. The molecule has 0 bridgehead atoms. The molecule has 0 saturated heterocycles. The molecule has 8 heteroatoms. The van der Waals surface area contributed by atoms with Gasteiger partial charge < -0.3 is 9.88 Å². The Labute approximate surface area is 177 Å². The molecule has 0 aliphatic carbocycles. The molecule has 3 rings (SSSR count). The van der Waals surface area contributed by atoms with E-state index in [4.69, 9.17) is 0 Å². The molecule has 0 spiro atoms. The second-order valence-electron chi connectivity index (χ2n) is 7.06. The van der Waals surface area contributed by atoms with Gasteiger partial charge in [0.25, 0.3) is 0 Å². The molecule has 1 heterocycles. The quantitative estimate of drug-likeness (QED) is 0.496. The summed E-state index contributed by atoms with van der Waals surface area (Å²) in [4.78, 5) is 16.8. The molecule has 0 saturated carbocycles. The van der Waals surface area contributed by atoms with E-state index in [1.165, 1.54) is 6.20 Å². The van der Waals surface area contributed by atoms with Crippen LogP contribution in [0.4, 0.5) is 18.9 Å². The smallest absolute Gasteiger partial charge is 0.325 e. The van der Waals surface area contributed by atoms with Crippen LogP contribution in [0.25, 0.3) is 11.3 Å². The first-order valence-electron chi connectivity index (χ1n) is 9.36. The zero-order chi connectivity index (χ0) is 21.9. The van der Waals surface area contributed by atoms with Crippen LogP contribution in [0, 0.1) is 13.8 Å². The number of carbonyl (C=O) groups excluding carboxylic acids is 1. The van der Waals surface area contributed by atoms with Gasteiger partial charge in [-0.25, -0.2) is 4.98 Å². The van der Waals surface area contributed by atoms with Crippen LogP contribution in [0.15, 0.2) is 59.9 Å². The standard InChI is InChI=1S/C22H22F3N3OS/c1-14-9-10-18(15(2)11-14)27-20(29)16(3)30-21-26-12-19(17-7-5-4-6-8-17)28(21)13-22(23,24)25/h4-12,16H,13H2,1-3H3,(H,27,29). The predicted octanol–water partition coefficient (Wildman–Crippen LogP) is 5.85. The zero-order valence-corrected chi connectivity index (χ0v) is 17.6. The van der Waals surface area contributed by atoms with Gasteiger partial charge in [0, 0.05) is 5.69 Å². The molecule has 1 unspecified atom stereocenters. The van der Waals surface area contributed by atoms with Crippen molar-refractivity contribution in [3.8, 4) is 11.3 Å². The Balaban J connectivity index is 1.82. The summed E-state index contributed by atoms with van der Waals surface area (Å²) < 4.78 is 40.8. The number of amides is 1. The molecule has 1 N–H and O–H groups in total. The van der Waals surface area contributed by atoms with E-state index >= 15 is 0 Å². The lowest BCUT2D eigenvalue weighted by molar-refractivity contribution is -0.141. The van der Waals surface area contributed by atoms with Crippen molar-refractivity contribution in [2.45, 2.75) is 43.9 Å². The second-order valence-corrected chi connectivity index (χ2v) is 8.37. The minimum absolute atomic E-state index is 0.148. The predicted molar refractivity (Wildman–Crippen MR) is 114 cm³/mol. The van der Waals surface area contributed by atoms with Crippen LogP contribution >= 0.6 is 11.8 Å². The summed E-state index contributed by atoms with van der Waals surface area (Å²) in [5.74, 6) is -0.297. The van der Waals surface area contributed by atoms with Crippen molar-refractivity contribution < 1.29 is 18.0 Å². The van der Waals surface area contributed by atoms with Gasteiger partial charge in [0.15, 0.2) is 5.16 Å². The highest BCUT2D eigenvalue weighted by Crippen LogP contribution is 2.32. The van der Waals surface area contributed by atoms with E-state index in [0.717, 1.165) is 27.5 Å². The highest BCUT2D eigenvalue weighted by Gasteiger charge is 2.31. The van der Waals surface area contributed by atoms with E-state index in [9.17, 15) is 18.0 Å². The molecule has 2 aromatic carbocycles. The van der Waals surface area contributed by atoms with Crippen molar-refractivity contribution >= 4 is 23.4 Å². The van der Waals surface area contributed by atoms with E-state index in [1.807, 2.05) is 32.0 Å². The summed E-state index contributed by atoms with van der Waals surface area (Å²) in [6, 6.07) is 14.4. The Morgan fingerprint density at radius 1 is 1.17 bits per heavy atom. The molecule has 1 atom stereocenters. The summed E-state index contributed by atoms with van der Waals surface area (Å²) in [5, 5.41) is 2.36. The van der Waals surface area contributed by atoms with Gasteiger partial charge in [0.05, 0.1) is 17.1 Å². The number of nitrogens with zero attached hydrogens (tertiary/aromatic N) is 2. The van der Waals surface area contributed by atoms with Gasteiger partial charge >= 0.3 is 6.18 Å². The third kappa shape index (κ3) is 5.44. The number of anilines is 1. The van der Waals surface area contributed by atoms with Gasteiger partial charge in [0.1, 0.15) is 6.54 Å². The molecule has 0 aliphatic rings. The highest BCUT2D eigenvalue weighted by atomic mass is 32.2. The SMILES string of the molecule is Cc1ccc(NC(=O)C(C)Sc2ncc(-c3ccccc3)n2CC(F)(F)F)c(C)c1. The monoisotopic (exact) mass is 433 g/mol. The van der Waals surface area contributed by atoms with Crippen molar-refractivity contribution in [1.82, 2.24) is 9.55 Å². The fourth-order valence-electron chi connectivity index (χ4n) is 3.02. The van der Waals surface area contributed by atoms with Gasteiger partial charge in [-0.2, -0.15) is 13.2 Å². The number of hydrogen-bond acceptors (Lipinski definition) is 3. The number of imidazole rings is 1. The molecule has 0 radical (unpaired) electrons. The number of thioether (sulfide) groups is 1. The highest BCUT2D eigenvalue weighted by molar-refractivity contribution is 8.00. The first-order chi connectivity index (χ1) is 14.1. The minimum Gasteiger partial charge on any atom is -0.325 e. The number of aryl methyl sites for hydroxylation is 2. The summed E-state index contributed by atoms with van der Waals surface area (Å²) in [5.41, 5.74) is 3.67. The van der Waals surface area contributed by atoms with Gasteiger partial charge in [-0.15, -0.1) is 0 Å². The minimum atomic E-state index is -4.41. The number of benzene rings is 2. The molecule has 3 aromatic rings. The summed E-state index contributed by atoms with van der Waals surface area (Å²) in [6.45, 7) is 4.33. The van der Waals surface area contributed by atoms with E-state index in [0.29, 0.717) is 16.9 Å². The number of aromatic nitrogens is 2. The van der Waals surface area contributed by atoms with E-state index in [-0.39, 0.29) is 11.1 Å². The van der Waals surface area contributed by atoms with Crippen molar-refractivity contribution in [3.63, 3.8) is 0 Å². The number of nitrogens with one attached hydrogen (secondary N) is 1. The van der Waals surface area contributed by atoms with Crippen LogP contribution in [0.2, 0.25) is 0 Å². The molecular weight excluding hydrogens is 411 g/mol. The van der Waals surface area contributed by atoms with Crippen LogP contribution in [0.3, 0.4) is 0 Å².